The van der Waals surface area contributed by atoms with Gasteiger partial charge in [-0.15, -0.1) is 0 Å². The van der Waals surface area contributed by atoms with Gasteiger partial charge in [-0.3, -0.25) is 14.5 Å². The number of nitrogens with one attached hydrogen (secondary N) is 1. The highest BCUT2D eigenvalue weighted by Crippen LogP contribution is 2.34. The number of carbonyl (C=O) groups excluding carboxylic acids is 2. The Balaban J connectivity index is 1.90. The van der Waals surface area contributed by atoms with Gasteiger partial charge in [-0.2, -0.15) is 0 Å². The van der Waals surface area contributed by atoms with Crippen molar-refractivity contribution in [1.82, 2.24) is 0 Å². The molecule has 1 atom stereocenters. The second-order valence-corrected chi connectivity index (χ2v) is 6.96. The molecule has 2 aromatic carbocycles. The zero-order chi connectivity index (χ0) is 19.0. The maximum absolute atomic E-state index is 12.9. The lowest BCUT2D eigenvalue weighted by Gasteiger charge is -2.33. The van der Waals surface area contributed by atoms with Crippen molar-refractivity contribution in [3.05, 3.63) is 52.6 Å². The molecule has 3 rings (SSSR count). The molecule has 0 fully saturated rings. The van der Waals surface area contributed by atoms with Gasteiger partial charge in [0, 0.05) is 5.69 Å². The number of fused-ring (bicyclic) bond motifs is 1. The third-order valence-corrected chi connectivity index (χ3v) is 4.69. The number of benzene rings is 2. The summed E-state index contributed by atoms with van der Waals surface area (Å²) in [6, 6.07) is 9.06. The molecule has 26 heavy (non-hydrogen) atoms. The minimum absolute atomic E-state index is 0.0593. The molecule has 0 aliphatic carbocycles. The van der Waals surface area contributed by atoms with Crippen LogP contribution in [0.3, 0.4) is 0 Å². The van der Waals surface area contributed by atoms with Crippen molar-refractivity contribution >= 4 is 23.2 Å². The van der Waals surface area contributed by atoms with Gasteiger partial charge in [0.05, 0.1) is 5.69 Å². The van der Waals surface area contributed by atoms with Gasteiger partial charge in [-0.05, 0) is 63.4 Å². The van der Waals surface area contributed by atoms with Gasteiger partial charge in [0.2, 0.25) is 5.91 Å². The van der Waals surface area contributed by atoms with Crippen molar-refractivity contribution in [2.45, 2.75) is 40.7 Å². The molecule has 1 aliphatic rings. The van der Waals surface area contributed by atoms with E-state index in [9.17, 15) is 9.59 Å². The number of hydrogen-bond donors (Lipinski definition) is 1. The Morgan fingerprint density at radius 1 is 1.08 bits per heavy atom. The maximum Gasteiger partial charge on any atom is 0.265 e. The molecule has 2 amide bonds. The Kier molecular flexibility index (Phi) is 4.72. The SMILES string of the molecule is Cc1cc(C)c(NC(=O)C(C)N2C(=O)COc3ccc(C)cc32)c(C)c1. The molecular weight excluding hydrogens is 328 g/mol. The van der Waals surface area contributed by atoms with E-state index in [2.05, 4.69) is 5.32 Å². The highest BCUT2D eigenvalue weighted by atomic mass is 16.5. The summed E-state index contributed by atoms with van der Waals surface area (Å²) in [4.78, 5) is 26.9. The summed E-state index contributed by atoms with van der Waals surface area (Å²) in [5, 5.41) is 3.00. The van der Waals surface area contributed by atoms with Crippen LogP contribution in [0, 0.1) is 27.7 Å². The van der Waals surface area contributed by atoms with Crippen molar-refractivity contribution in [2.75, 3.05) is 16.8 Å². The lowest BCUT2D eigenvalue weighted by atomic mass is 10.0. The normalized spacial score (nSPS) is 14.5. The Hall–Kier alpha value is -2.82. The van der Waals surface area contributed by atoms with Gasteiger partial charge >= 0.3 is 0 Å². The molecule has 2 aromatic rings. The fourth-order valence-electron chi connectivity index (χ4n) is 3.43. The monoisotopic (exact) mass is 352 g/mol. The summed E-state index contributed by atoms with van der Waals surface area (Å²) >= 11 is 0. The van der Waals surface area contributed by atoms with E-state index < -0.39 is 6.04 Å². The van der Waals surface area contributed by atoms with Crippen LogP contribution in [0.2, 0.25) is 0 Å². The van der Waals surface area contributed by atoms with Gasteiger partial charge in [-0.25, -0.2) is 0 Å². The molecule has 136 valence electrons. The average molecular weight is 352 g/mol. The minimum atomic E-state index is -0.646. The fraction of sp³-hybridized carbons (Fsp3) is 0.333. The predicted octanol–water partition coefficient (Wildman–Crippen LogP) is 3.67. The smallest absolute Gasteiger partial charge is 0.265 e. The van der Waals surface area contributed by atoms with Crippen LogP contribution in [-0.4, -0.2) is 24.5 Å². The zero-order valence-electron chi connectivity index (χ0n) is 15.8. The lowest BCUT2D eigenvalue weighted by molar-refractivity contribution is -0.125. The van der Waals surface area contributed by atoms with Gasteiger partial charge in [0.25, 0.3) is 5.91 Å². The average Bonchev–Trinajstić information content (AvgIpc) is 2.57. The van der Waals surface area contributed by atoms with Crippen LogP contribution in [0.25, 0.3) is 0 Å². The molecule has 1 aliphatic heterocycles. The first-order valence-electron chi connectivity index (χ1n) is 8.72. The van der Waals surface area contributed by atoms with Crippen molar-refractivity contribution in [3.8, 4) is 5.75 Å². The number of aryl methyl sites for hydroxylation is 4. The maximum atomic E-state index is 12.9. The number of hydrogen-bond acceptors (Lipinski definition) is 3. The minimum Gasteiger partial charge on any atom is -0.482 e. The molecule has 1 N–H and O–H groups in total. The Morgan fingerprint density at radius 2 is 1.73 bits per heavy atom. The summed E-state index contributed by atoms with van der Waals surface area (Å²) in [5.74, 6) is 0.184. The zero-order valence-corrected chi connectivity index (χ0v) is 15.8. The summed E-state index contributed by atoms with van der Waals surface area (Å²) in [7, 11) is 0. The van der Waals surface area contributed by atoms with Gasteiger partial charge < -0.3 is 10.1 Å². The van der Waals surface area contributed by atoms with Crippen LogP contribution in [0.4, 0.5) is 11.4 Å². The third-order valence-electron chi connectivity index (χ3n) is 4.69. The molecule has 1 heterocycles. The second kappa shape index (κ2) is 6.83. The fourth-order valence-corrected chi connectivity index (χ4v) is 3.43. The van der Waals surface area contributed by atoms with Crippen LogP contribution < -0.4 is 15.0 Å². The molecule has 0 saturated heterocycles. The molecule has 0 aromatic heterocycles. The van der Waals surface area contributed by atoms with E-state index in [-0.39, 0.29) is 18.4 Å². The highest BCUT2D eigenvalue weighted by Gasteiger charge is 2.33. The summed E-state index contributed by atoms with van der Waals surface area (Å²) < 4.78 is 5.50. The molecule has 1 unspecified atom stereocenters. The van der Waals surface area contributed by atoms with Crippen molar-refractivity contribution in [3.63, 3.8) is 0 Å². The van der Waals surface area contributed by atoms with E-state index in [4.69, 9.17) is 4.74 Å². The van der Waals surface area contributed by atoms with Crippen LogP contribution in [0.15, 0.2) is 30.3 Å². The van der Waals surface area contributed by atoms with Crippen molar-refractivity contribution in [1.29, 1.82) is 0 Å². The summed E-state index contributed by atoms with van der Waals surface area (Å²) in [5.41, 5.74) is 5.61. The molecule has 5 heteroatoms. The van der Waals surface area contributed by atoms with Crippen LogP contribution >= 0.6 is 0 Å². The Morgan fingerprint density at radius 3 is 2.38 bits per heavy atom. The molecule has 0 radical (unpaired) electrons. The van der Waals surface area contributed by atoms with Crippen molar-refractivity contribution < 1.29 is 14.3 Å². The molecular formula is C21H24N2O3. The molecule has 5 nitrogen and oxygen atoms in total. The Labute approximate surface area is 154 Å². The second-order valence-electron chi connectivity index (χ2n) is 6.96. The standard InChI is InChI=1S/C21H24N2O3/c1-12-6-7-18-17(10-12)23(19(24)11-26-18)16(5)21(25)22-20-14(3)8-13(2)9-15(20)4/h6-10,16H,11H2,1-5H3,(H,22,25). The van der Waals surface area contributed by atoms with Crippen LogP contribution in [-0.2, 0) is 9.59 Å². The number of amides is 2. The first-order valence-corrected chi connectivity index (χ1v) is 8.72. The number of carbonyl (C=O) groups is 2. The first kappa shape index (κ1) is 18.0. The topological polar surface area (TPSA) is 58.6 Å². The van der Waals surface area contributed by atoms with Gasteiger partial charge in [0.15, 0.2) is 6.61 Å². The highest BCUT2D eigenvalue weighted by molar-refractivity contribution is 6.07. The number of ether oxygens (including phenoxy) is 1. The first-order chi connectivity index (χ1) is 12.3. The molecule has 0 bridgehead atoms. The predicted molar refractivity (Wildman–Crippen MR) is 103 cm³/mol. The van der Waals surface area contributed by atoms with E-state index in [1.54, 1.807) is 6.92 Å². The van der Waals surface area contributed by atoms with E-state index in [0.717, 1.165) is 27.9 Å². The largest absolute Gasteiger partial charge is 0.482 e. The van der Waals surface area contributed by atoms with E-state index >= 15 is 0 Å². The van der Waals surface area contributed by atoms with Crippen LogP contribution in [0.5, 0.6) is 5.75 Å². The Bertz CT molecular complexity index is 866. The molecule has 0 saturated carbocycles. The molecule has 0 spiro atoms. The van der Waals surface area contributed by atoms with Gasteiger partial charge in [-0.1, -0.05) is 23.8 Å². The lowest BCUT2D eigenvalue weighted by Crippen LogP contribution is -2.49. The number of nitrogens with zero attached hydrogens (tertiary/aromatic N) is 1. The quantitative estimate of drug-likeness (QED) is 0.917. The number of rotatable bonds is 3. The number of anilines is 2. The summed E-state index contributed by atoms with van der Waals surface area (Å²) in [6.07, 6.45) is 0. The van der Waals surface area contributed by atoms with Crippen LogP contribution in [0.1, 0.15) is 29.2 Å². The van der Waals surface area contributed by atoms with E-state index in [1.807, 2.05) is 58.0 Å². The van der Waals surface area contributed by atoms with Crippen molar-refractivity contribution in [2.24, 2.45) is 0 Å². The summed E-state index contributed by atoms with van der Waals surface area (Å²) in [6.45, 7) is 9.60. The van der Waals surface area contributed by atoms with Gasteiger partial charge in [0.1, 0.15) is 11.8 Å². The van der Waals surface area contributed by atoms with E-state index in [0.29, 0.717) is 11.4 Å². The third kappa shape index (κ3) is 3.29. The van der Waals surface area contributed by atoms with E-state index in [1.165, 1.54) is 4.90 Å².